The van der Waals surface area contributed by atoms with Crippen LogP contribution in [0.25, 0.3) is 11.3 Å². The van der Waals surface area contributed by atoms with Crippen molar-refractivity contribution in [3.63, 3.8) is 0 Å². The number of carbonyl (C=O) groups is 1. The van der Waals surface area contributed by atoms with Crippen LogP contribution in [-0.2, 0) is 10.2 Å². The van der Waals surface area contributed by atoms with Crippen molar-refractivity contribution in [1.82, 2.24) is 10.3 Å². The number of rotatable bonds is 4. The van der Waals surface area contributed by atoms with Gasteiger partial charge in [-0.15, -0.1) is 0 Å². The maximum Gasteiger partial charge on any atom is 0.261 e. The molecular weight excluding hydrogens is 475 g/mol. The van der Waals surface area contributed by atoms with E-state index in [1.807, 2.05) is 31.2 Å². The van der Waals surface area contributed by atoms with Crippen LogP contribution in [0.15, 0.2) is 46.9 Å². The molecule has 2 aromatic carbocycles. The number of fused-ring (bicyclic) bond motifs is 2. The summed E-state index contributed by atoms with van der Waals surface area (Å²) in [6.07, 6.45) is 1.33. The lowest BCUT2D eigenvalue weighted by molar-refractivity contribution is -0.131. The number of carbonyl (C=O) groups excluding carboxylic acids is 1. The van der Waals surface area contributed by atoms with Crippen LogP contribution in [0.1, 0.15) is 48.9 Å². The number of hydrogen-bond acceptors (Lipinski definition) is 5. The van der Waals surface area contributed by atoms with E-state index in [1.54, 1.807) is 18.2 Å². The average molecular weight is 499 g/mol. The summed E-state index contributed by atoms with van der Waals surface area (Å²) >= 11 is 12.0. The Bertz CT molecular complexity index is 1270. The van der Waals surface area contributed by atoms with Crippen molar-refractivity contribution >= 4 is 29.1 Å². The molecule has 1 aliphatic heterocycles. The molecule has 3 fully saturated rings. The second-order valence-electron chi connectivity index (χ2n) is 9.75. The van der Waals surface area contributed by atoms with Crippen molar-refractivity contribution in [1.29, 1.82) is 0 Å². The number of benzene rings is 2. The number of nitrogens with zero attached hydrogens (tertiary/aromatic N) is 1. The molecule has 0 spiro atoms. The highest BCUT2D eigenvalue weighted by Crippen LogP contribution is 2.60. The highest BCUT2D eigenvalue weighted by molar-refractivity contribution is 6.31. The lowest BCUT2D eigenvalue weighted by atomic mass is 9.69. The van der Waals surface area contributed by atoms with Crippen molar-refractivity contribution in [2.75, 3.05) is 0 Å². The first-order chi connectivity index (χ1) is 16.3. The summed E-state index contributed by atoms with van der Waals surface area (Å²) in [6.45, 7) is 1.95. The Labute approximate surface area is 207 Å². The Kier molecular flexibility index (Phi) is 5.17. The summed E-state index contributed by atoms with van der Waals surface area (Å²) in [7, 11) is 0. The van der Waals surface area contributed by atoms with Gasteiger partial charge in [0.25, 0.3) is 5.91 Å². The minimum absolute atomic E-state index is 0.0334. The monoisotopic (exact) mass is 498 g/mol. The smallest absolute Gasteiger partial charge is 0.261 e. The number of aryl methyl sites for hydroxylation is 1. The molecule has 3 aliphatic carbocycles. The number of amides is 1. The molecule has 2 N–H and O–H groups in total. The molecule has 34 heavy (non-hydrogen) atoms. The normalized spacial score (nSPS) is 29.2. The van der Waals surface area contributed by atoms with E-state index in [2.05, 4.69) is 5.32 Å². The number of ether oxygens (including phenoxy) is 1. The Morgan fingerprint density at radius 3 is 2.62 bits per heavy atom. The minimum Gasteiger partial charge on any atom is -0.480 e. The molecular formula is C26H24Cl2N2O4. The summed E-state index contributed by atoms with van der Waals surface area (Å²) < 4.78 is 12.2. The van der Waals surface area contributed by atoms with Crippen molar-refractivity contribution < 1.29 is 19.1 Å². The van der Waals surface area contributed by atoms with Crippen LogP contribution in [0.5, 0.6) is 5.75 Å². The zero-order valence-corrected chi connectivity index (χ0v) is 20.1. The fraction of sp³-hybridized carbons (Fsp3) is 0.385. The first-order valence-electron chi connectivity index (χ1n) is 11.5. The van der Waals surface area contributed by atoms with Crippen LogP contribution in [-0.4, -0.2) is 28.1 Å². The van der Waals surface area contributed by atoms with Crippen molar-refractivity contribution in [3.8, 4) is 17.1 Å². The fourth-order valence-electron chi connectivity index (χ4n) is 5.76. The van der Waals surface area contributed by atoms with Crippen LogP contribution in [0.4, 0.5) is 0 Å². The van der Waals surface area contributed by atoms with Crippen LogP contribution in [0, 0.1) is 12.8 Å². The highest BCUT2D eigenvalue weighted by atomic mass is 35.5. The summed E-state index contributed by atoms with van der Waals surface area (Å²) in [5, 5.41) is 14.9. The van der Waals surface area contributed by atoms with Crippen LogP contribution in [0.2, 0.25) is 10.0 Å². The molecule has 0 radical (unpaired) electrons. The molecule has 0 saturated heterocycles. The van der Waals surface area contributed by atoms with Crippen LogP contribution < -0.4 is 10.1 Å². The summed E-state index contributed by atoms with van der Waals surface area (Å²) in [5.74, 6) is 2.20. The third-order valence-electron chi connectivity index (χ3n) is 7.50. The third-order valence-corrected chi connectivity index (χ3v) is 7.99. The van der Waals surface area contributed by atoms with Crippen molar-refractivity contribution in [3.05, 3.63) is 69.7 Å². The lowest BCUT2D eigenvalue weighted by Crippen LogP contribution is -2.46. The Balaban J connectivity index is 1.15. The molecule has 3 aromatic rings. The van der Waals surface area contributed by atoms with E-state index < -0.39 is 12.2 Å². The average Bonchev–Trinajstić information content (AvgIpc) is 3.45. The summed E-state index contributed by atoms with van der Waals surface area (Å²) in [4.78, 5) is 17.8. The first kappa shape index (κ1) is 22.0. The lowest BCUT2D eigenvalue weighted by Gasteiger charge is -2.35. The fourth-order valence-corrected chi connectivity index (χ4v) is 6.07. The van der Waals surface area contributed by atoms with E-state index in [0.717, 1.165) is 42.2 Å². The van der Waals surface area contributed by atoms with E-state index in [1.165, 1.54) is 0 Å². The maximum absolute atomic E-state index is 13.0. The Morgan fingerprint density at radius 2 is 1.85 bits per heavy atom. The van der Waals surface area contributed by atoms with Crippen molar-refractivity contribution in [2.24, 2.45) is 5.92 Å². The van der Waals surface area contributed by atoms with E-state index in [0.29, 0.717) is 27.3 Å². The van der Waals surface area contributed by atoms with E-state index in [9.17, 15) is 9.90 Å². The molecule has 6 nitrogen and oxygen atoms in total. The van der Waals surface area contributed by atoms with Crippen LogP contribution >= 0.6 is 23.2 Å². The first-order valence-corrected chi connectivity index (χ1v) is 12.3. The number of oxazole rings is 1. The topological polar surface area (TPSA) is 84.6 Å². The Morgan fingerprint density at radius 1 is 1.12 bits per heavy atom. The van der Waals surface area contributed by atoms with Crippen molar-refractivity contribution in [2.45, 2.75) is 56.3 Å². The van der Waals surface area contributed by atoms with Gasteiger partial charge in [0.2, 0.25) is 5.89 Å². The SMILES string of the molecule is Cc1nc(C23CC(C2)C(NC(=O)[C@H]2C[C@@H](O)c4cc(Cl)ccc4O2)C3)oc1-c1ccc(Cl)cc1. The molecule has 8 heteroatoms. The summed E-state index contributed by atoms with van der Waals surface area (Å²) in [5.41, 5.74) is 2.28. The number of aliphatic hydroxyl groups excluding tert-OH is 1. The highest BCUT2D eigenvalue weighted by Gasteiger charge is 2.60. The van der Waals surface area contributed by atoms with Gasteiger partial charge in [-0.3, -0.25) is 4.79 Å². The molecule has 3 atom stereocenters. The molecule has 1 amide bonds. The molecule has 3 saturated carbocycles. The largest absolute Gasteiger partial charge is 0.480 e. The van der Waals surface area contributed by atoms with Gasteiger partial charge in [0, 0.05) is 39.0 Å². The number of halogens is 2. The molecule has 1 aromatic heterocycles. The standard InChI is InChI=1S/C26H24Cl2N2O4/c1-13-23(14-2-4-16(27)5-3-14)34-25(29-13)26-10-15(11-26)19(12-26)30-24(32)22-9-20(31)18-8-17(28)6-7-21(18)33-22/h2-8,15,19-20,22,31H,9-12H2,1H3,(H,30,32)/t15?,19?,20-,22-,26?/m1/s1. The number of aromatic nitrogens is 1. The molecule has 2 bridgehead atoms. The van der Waals surface area contributed by atoms with Gasteiger partial charge >= 0.3 is 0 Å². The second kappa shape index (κ2) is 8.01. The van der Waals surface area contributed by atoms with Gasteiger partial charge in [0.1, 0.15) is 5.75 Å². The number of aliphatic hydroxyl groups is 1. The third kappa shape index (κ3) is 3.60. The van der Waals surface area contributed by atoms with Gasteiger partial charge in [0.05, 0.1) is 11.8 Å². The molecule has 2 heterocycles. The molecule has 1 unspecified atom stereocenters. The number of hydrogen-bond donors (Lipinski definition) is 2. The molecule has 7 rings (SSSR count). The second-order valence-corrected chi connectivity index (χ2v) is 10.6. The zero-order chi connectivity index (χ0) is 23.6. The van der Waals surface area contributed by atoms with E-state index >= 15 is 0 Å². The molecule has 176 valence electrons. The van der Waals surface area contributed by atoms with E-state index in [4.69, 9.17) is 37.3 Å². The predicted octanol–water partition coefficient (Wildman–Crippen LogP) is 5.38. The van der Waals surface area contributed by atoms with Gasteiger partial charge < -0.3 is 19.6 Å². The quantitative estimate of drug-likeness (QED) is 0.504. The van der Waals surface area contributed by atoms with Gasteiger partial charge in [-0.05, 0) is 74.6 Å². The van der Waals surface area contributed by atoms with Crippen LogP contribution in [0.3, 0.4) is 0 Å². The zero-order valence-electron chi connectivity index (χ0n) is 18.6. The maximum atomic E-state index is 13.0. The van der Waals surface area contributed by atoms with E-state index in [-0.39, 0.29) is 23.8 Å². The minimum atomic E-state index is -0.789. The van der Waals surface area contributed by atoms with Gasteiger partial charge in [-0.25, -0.2) is 4.98 Å². The summed E-state index contributed by atoms with van der Waals surface area (Å²) in [6, 6.07) is 12.7. The van der Waals surface area contributed by atoms with Gasteiger partial charge in [-0.1, -0.05) is 23.2 Å². The molecule has 4 aliphatic rings. The van der Waals surface area contributed by atoms with Gasteiger partial charge in [0.15, 0.2) is 11.9 Å². The number of nitrogens with one attached hydrogen (secondary N) is 1. The predicted molar refractivity (Wildman–Crippen MR) is 128 cm³/mol. The Hall–Kier alpha value is -2.54. The van der Waals surface area contributed by atoms with Gasteiger partial charge in [-0.2, -0.15) is 0 Å².